The highest BCUT2D eigenvalue weighted by Crippen LogP contribution is 2.30. The van der Waals surface area contributed by atoms with Crippen LogP contribution in [0.2, 0.25) is 0 Å². The van der Waals surface area contributed by atoms with E-state index in [1.54, 1.807) is 20.0 Å². The molecule has 1 aliphatic carbocycles. The fraction of sp³-hybridized carbons (Fsp3) is 0.571. The molecule has 6 heteroatoms. The third kappa shape index (κ3) is 5.30. The number of allylic oxidation sites excluding steroid dienone is 3. The largest absolute Gasteiger partial charge is 0.488 e. The Labute approximate surface area is 161 Å². The first kappa shape index (κ1) is 21.4. The molecule has 0 radical (unpaired) electrons. The zero-order valence-electron chi connectivity index (χ0n) is 16.8. The van der Waals surface area contributed by atoms with Crippen LogP contribution in [0.5, 0.6) is 0 Å². The molecule has 0 bridgehead atoms. The summed E-state index contributed by atoms with van der Waals surface area (Å²) < 4.78 is 20.7. The Hall–Kier alpha value is -1.92. The second-order valence-corrected chi connectivity index (χ2v) is 7.80. The highest BCUT2D eigenvalue weighted by atomic mass is 19.1. The van der Waals surface area contributed by atoms with Crippen molar-refractivity contribution in [3.05, 3.63) is 47.3 Å². The lowest BCUT2D eigenvalue weighted by Crippen LogP contribution is -2.49. The lowest BCUT2D eigenvalue weighted by molar-refractivity contribution is -0.116. The molecule has 0 saturated carbocycles. The fourth-order valence-corrected chi connectivity index (χ4v) is 3.08. The minimum absolute atomic E-state index is 0.144. The molecule has 2 aliphatic rings. The number of hydrogen-bond acceptors (Lipinski definition) is 4. The number of halogens is 1. The van der Waals surface area contributed by atoms with Crippen LogP contribution in [0.3, 0.4) is 0 Å². The SMILES string of the molecule is CNC(=O)C1=CC[C@](C)(N[C@@H](O)/C2=C(\C)C/C=C\CC(C)(F)C(C)O2)C=C1. The Kier molecular flexibility index (Phi) is 6.65. The van der Waals surface area contributed by atoms with Gasteiger partial charge in [0.25, 0.3) is 5.91 Å². The van der Waals surface area contributed by atoms with Crippen LogP contribution in [0.25, 0.3) is 0 Å². The van der Waals surface area contributed by atoms with Crippen LogP contribution in [-0.4, -0.2) is 41.6 Å². The third-order valence-electron chi connectivity index (χ3n) is 5.26. The summed E-state index contributed by atoms with van der Waals surface area (Å²) in [5.41, 5.74) is -0.635. The number of nitrogens with one attached hydrogen (secondary N) is 2. The second kappa shape index (κ2) is 8.40. The van der Waals surface area contributed by atoms with E-state index in [0.717, 1.165) is 5.57 Å². The molecule has 27 heavy (non-hydrogen) atoms. The summed E-state index contributed by atoms with van der Waals surface area (Å²) in [4.78, 5) is 11.7. The van der Waals surface area contributed by atoms with Gasteiger partial charge in [0.1, 0.15) is 17.5 Å². The first-order valence-electron chi connectivity index (χ1n) is 9.35. The first-order valence-corrected chi connectivity index (χ1v) is 9.35. The van der Waals surface area contributed by atoms with Crippen LogP contribution in [0.1, 0.15) is 47.0 Å². The predicted octanol–water partition coefficient (Wildman–Crippen LogP) is 3.04. The number of amides is 1. The summed E-state index contributed by atoms with van der Waals surface area (Å²) in [5.74, 6) is 0.212. The number of carbonyl (C=O) groups is 1. The van der Waals surface area contributed by atoms with E-state index in [4.69, 9.17) is 4.74 Å². The molecular weight excluding hydrogens is 347 g/mol. The smallest absolute Gasteiger partial charge is 0.250 e. The van der Waals surface area contributed by atoms with Gasteiger partial charge in [-0.05, 0) is 46.1 Å². The van der Waals surface area contributed by atoms with Crippen molar-refractivity contribution >= 4 is 5.91 Å². The van der Waals surface area contributed by atoms with Crippen LogP contribution in [-0.2, 0) is 9.53 Å². The molecule has 0 spiro atoms. The third-order valence-corrected chi connectivity index (χ3v) is 5.26. The number of aliphatic hydroxyl groups excluding tert-OH is 1. The maximum absolute atomic E-state index is 14.8. The van der Waals surface area contributed by atoms with Gasteiger partial charge in [0, 0.05) is 24.6 Å². The summed E-state index contributed by atoms with van der Waals surface area (Å²) in [7, 11) is 1.59. The zero-order valence-corrected chi connectivity index (χ0v) is 16.8. The number of alkyl halides is 1. The van der Waals surface area contributed by atoms with Gasteiger partial charge in [-0.3, -0.25) is 10.1 Å². The quantitative estimate of drug-likeness (QED) is 0.519. The van der Waals surface area contributed by atoms with E-state index in [0.29, 0.717) is 24.2 Å². The molecule has 0 fully saturated rings. The van der Waals surface area contributed by atoms with E-state index in [-0.39, 0.29) is 12.3 Å². The molecule has 3 N–H and O–H groups in total. The Morgan fingerprint density at radius 2 is 2.07 bits per heavy atom. The minimum Gasteiger partial charge on any atom is -0.488 e. The summed E-state index contributed by atoms with van der Waals surface area (Å²) >= 11 is 0. The first-order chi connectivity index (χ1) is 12.6. The Balaban J connectivity index is 2.16. The van der Waals surface area contributed by atoms with Crippen LogP contribution >= 0.6 is 0 Å². The van der Waals surface area contributed by atoms with Gasteiger partial charge in [-0.15, -0.1) is 0 Å². The number of aliphatic hydroxyl groups is 1. The van der Waals surface area contributed by atoms with Crippen molar-refractivity contribution in [1.29, 1.82) is 0 Å². The van der Waals surface area contributed by atoms with Crippen molar-refractivity contribution < 1.29 is 19.0 Å². The average Bonchev–Trinajstić information content (AvgIpc) is 2.66. The normalized spacial score (nSPS) is 36.6. The average molecular weight is 378 g/mol. The summed E-state index contributed by atoms with van der Waals surface area (Å²) in [6.45, 7) is 6.99. The van der Waals surface area contributed by atoms with Gasteiger partial charge in [0.15, 0.2) is 6.23 Å². The van der Waals surface area contributed by atoms with Crippen molar-refractivity contribution in [2.75, 3.05) is 7.05 Å². The summed E-state index contributed by atoms with van der Waals surface area (Å²) in [5, 5.41) is 16.6. The number of rotatable bonds is 4. The number of ether oxygens (including phenoxy) is 1. The molecule has 1 amide bonds. The van der Waals surface area contributed by atoms with Crippen molar-refractivity contribution in [2.45, 2.75) is 70.5 Å². The van der Waals surface area contributed by atoms with E-state index in [1.807, 2.05) is 38.2 Å². The van der Waals surface area contributed by atoms with Gasteiger partial charge in [-0.25, -0.2) is 4.39 Å². The summed E-state index contributed by atoms with van der Waals surface area (Å²) in [6, 6.07) is 0. The van der Waals surface area contributed by atoms with Crippen molar-refractivity contribution in [3.8, 4) is 0 Å². The van der Waals surface area contributed by atoms with E-state index >= 15 is 0 Å². The van der Waals surface area contributed by atoms with Gasteiger partial charge in [0.05, 0.1) is 0 Å². The Morgan fingerprint density at radius 3 is 2.67 bits per heavy atom. The molecule has 5 nitrogen and oxygen atoms in total. The van der Waals surface area contributed by atoms with Gasteiger partial charge in [0.2, 0.25) is 0 Å². The number of hydrogen-bond donors (Lipinski definition) is 3. The van der Waals surface area contributed by atoms with Gasteiger partial charge in [-0.2, -0.15) is 0 Å². The van der Waals surface area contributed by atoms with Crippen LogP contribution in [0.15, 0.2) is 47.3 Å². The van der Waals surface area contributed by atoms with Gasteiger partial charge >= 0.3 is 0 Å². The highest BCUT2D eigenvalue weighted by molar-refractivity contribution is 5.96. The second-order valence-electron chi connectivity index (χ2n) is 7.80. The monoisotopic (exact) mass is 378 g/mol. The number of likely N-dealkylation sites (N-methyl/N-ethyl adjacent to an activating group) is 1. The molecule has 0 aromatic carbocycles. The van der Waals surface area contributed by atoms with E-state index in [1.165, 1.54) is 6.92 Å². The van der Waals surface area contributed by atoms with Crippen molar-refractivity contribution in [2.24, 2.45) is 0 Å². The lowest BCUT2D eigenvalue weighted by Gasteiger charge is -2.35. The molecule has 2 rings (SSSR count). The fourth-order valence-electron chi connectivity index (χ4n) is 3.08. The minimum atomic E-state index is -1.52. The Morgan fingerprint density at radius 1 is 1.37 bits per heavy atom. The molecule has 1 aliphatic heterocycles. The van der Waals surface area contributed by atoms with Crippen molar-refractivity contribution in [1.82, 2.24) is 10.6 Å². The molecule has 4 atom stereocenters. The van der Waals surface area contributed by atoms with Gasteiger partial charge < -0.3 is 15.2 Å². The topological polar surface area (TPSA) is 70.6 Å². The molecule has 0 aromatic heterocycles. The highest BCUT2D eigenvalue weighted by Gasteiger charge is 2.35. The molecule has 0 aromatic rings. The maximum atomic E-state index is 14.8. The van der Waals surface area contributed by atoms with Crippen LogP contribution < -0.4 is 10.6 Å². The molecule has 0 saturated heterocycles. The van der Waals surface area contributed by atoms with Crippen LogP contribution in [0.4, 0.5) is 4.39 Å². The molecule has 1 heterocycles. The lowest BCUT2D eigenvalue weighted by atomic mass is 9.90. The molecule has 2 unspecified atom stereocenters. The Bertz CT molecular complexity index is 694. The van der Waals surface area contributed by atoms with E-state index in [9.17, 15) is 14.3 Å². The maximum Gasteiger partial charge on any atom is 0.250 e. The molecule has 150 valence electrons. The van der Waals surface area contributed by atoms with Crippen LogP contribution in [0, 0.1) is 0 Å². The van der Waals surface area contributed by atoms with E-state index in [2.05, 4.69) is 10.6 Å². The standard InChI is InChI=1S/C21H31FN2O3/c1-14-8-6-7-11-21(4,22)15(2)27-17(14)19(26)24-20(3)12-9-16(10-13-20)18(25)23-5/h6-7,9-10,12,15,19,24,26H,8,11,13H2,1-5H3,(H,23,25)/b7-6-,17-14-/t15?,19-,20+,21?/m0/s1. The van der Waals surface area contributed by atoms with E-state index < -0.39 is 23.5 Å². The van der Waals surface area contributed by atoms with Crippen molar-refractivity contribution in [3.63, 3.8) is 0 Å². The summed E-state index contributed by atoms with van der Waals surface area (Å²) in [6.07, 6.45) is 8.75. The predicted molar refractivity (Wildman–Crippen MR) is 105 cm³/mol. The number of carbonyl (C=O) groups excluding carboxylic acids is 1. The molecular formula is C21H31FN2O3. The zero-order chi connectivity index (χ0) is 20.2. The van der Waals surface area contributed by atoms with Gasteiger partial charge in [-0.1, -0.05) is 30.4 Å².